The topological polar surface area (TPSA) is 64.1 Å². The molecule has 0 aliphatic carbocycles. The van der Waals surface area contributed by atoms with Crippen LogP contribution < -0.4 is 0 Å². The van der Waals surface area contributed by atoms with Gasteiger partial charge in [-0.2, -0.15) is 0 Å². The number of benzene rings is 1. The van der Waals surface area contributed by atoms with E-state index in [4.69, 9.17) is 34.8 Å². The molecule has 4 nitrogen and oxygen atoms in total. The molecular weight excluding hydrogens is 381 g/mol. The number of hydrogen-bond acceptors (Lipinski definition) is 4. The lowest BCUT2D eigenvalue weighted by molar-refractivity contribution is 0.0966. The van der Waals surface area contributed by atoms with Gasteiger partial charge in [0, 0.05) is 29.5 Å². The van der Waals surface area contributed by atoms with E-state index >= 15 is 0 Å². The predicted octanol–water partition coefficient (Wildman–Crippen LogP) is 4.43. The maximum Gasteiger partial charge on any atom is 0.177 e. The van der Waals surface area contributed by atoms with Crippen molar-refractivity contribution in [3.05, 3.63) is 56.8 Å². The SMILES string of the molecule is CC(C(=O)c1ccc(Cl)c(Cl)c1)c1cc(S(C)(=O)=O)cnc1Cl. The van der Waals surface area contributed by atoms with Crippen LogP contribution in [0.25, 0.3) is 0 Å². The Morgan fingerprint density at radius 2 is 1.78 bits per heavy atom. The van der Waals surface area contributed by atoms with Crippen LogP contribution in [0.1, 0.15) is 28.8 Å². The minimum Gasteiger partial charge on any atom is -0.294 e. The van der Waals surface area contributed by atoms with Crippen molar-refractivity contribution in [2.45, 2.75) is 17.7 Å². The summed E-state index contributed by atoms with van der Waals surface area (Å²) in [7, 11) is -3.45. The van der Waals surface area contributed by atoms with Crippen LogP contribution >= 0.6 is 34.8 Å². The molecule has 2 aromatic rings. The molecule has 0 bridgehead atoms. The first kappa shape index (κ1) is 18.2. The second-order valence-electron chi connectivity index (χ2n) is 5.04. The quantitative estimate of drug-likeness (QED) is 0.570. The maximum atomic E-state index is 12.6. The van der Waals surface area contributed by atoms with Crippen LogP contribution in [0.2, 0.25) is 15.2 Å². The molecule has 1 unspecified atom stereocenters. The lowest BCUT2D eigenvalue weighted by Crippen LogP contribution is -2.12. The van der Waals surface area contributed by atoms with Crippen molar-refractivity contribution < 1.29 is 13.2 Å². The van der Waals surface area contributed by atoms with Crippen molar-refractivity contribution in [3.63, 3.8) is 0 Å². The third-order valence-electron chi connectivity index (χ3n) is 3.33. The van der Waals surface area contributed by atoms with Gasteiger partial charge in [-0.05, 0) is 24.3 Å². The van der Waals surface area contributed by atoms with Gasteiger partial charge in [-0.25, -0.2) is 13.4 Å². The van der Waals surface area contributed by atoms with Gasteiger partial charge in [-0.1, -0.05) is 41.7 Å². The van der Waals surface area contributed by atoms with Gasteiger partial charge in [0.15, 0.2) is 15.6 Å². The molecule has 1 atom stereocenters. The zero-order chi connectivity index (χ0) is 17.4. The van der Waals surface area contributed by atoms with Crippen LogP contribution in [0.15, 0.2) is 35.4 Å². The van der Waals surface area contributed by atoms with Gasteiger partial charge in [0.2, 0.25) is 0 Å². The highest BCUT2D eigenvalue weighted by molar-refractivity contribution is 7.90. The molecule has 1 heterocycles. The molecule has 0 saturated heterocycles. The summed E-state index contributed by atoms with van der Waals surface area (Å²) in [6.45, 7) is 1.62. The fourth-order valence-electron chi connectivity index (χ4n) is 1.99. The zero-order valence-electron chi connectivity index (χ0n) is 12.2. The second kappa shape index (κ2) is 6.77. The van der Waals surface area contributed by atoms with E-state index in [1.165, 1.54) is 18.2 Å². The van der Waals surface area contributed by atoms with E-state index in [0.29, 0.717) is 16.1 Å². The molecular formula is C15H12Cl3NO3S. The zero-order valence-corrected chi connectivity index (χ0v) is 15.3. The predicted molar refractivity (Wildman–Crippen MR) is 91.6 cm³/mol. The number of hydrogen-bond donors (Lipinski definition) is 0. The Morgan fingerprint density at radius 3 is 2.35 bits per heavy atom. The average Bonchev–Trinajstić information content (AvgIpc) is 2.48. The second-order valence-corrected chi connectivity index (χ2v) is 8.23. The van der Waals surface area contributed by atoms with Crippen molar-refractivity contribution >= 4 is 50.4 Å². The standard InChI is InChI=1S/C15H12Cl3NO3S/c1-8(14(20)9-3-4-12(16)13(17)5-9)11-6-10(23(2,21)22)7-19-15(11)18/h3-8H,1-2H3. The molecule has 0 saturated carbocycles. The lowest BCUT2D eigenvalue weighted by Gasteiger charge is -2.13. The molecule has 0 fully saturated rings. The minimum absolute atomic E-state index is 0.00527. The number of halogens is 3. The fourth-order valence-corrected chi connectivity index (χ4v) is 3.14. The first-order valence-corrected chi connectivity index (χ1v) is 9.48. The molecule has 0 spiro atoms. The highest BCUT2D eigenvalue weighted by atomic mass is 35.5. The van der Waals surface area contributed by atoms with Gasteiger partial charge in [-0.3, -0.25) is 4.79 Å². The molecule has 122 valence electrons. The molecule has 0 N–H and O–H groups in total. The molecule has 0 radical (unpaired) electrons. The van der Waals surface area contributed by atoms with Gasteiger partial charge in [0.25, 0.3) is 0 Å². The van der Waals surface area contributed by atoms with Crippen molar-refractivity contribution in [3.8, 4) is 0 Å². The molecule has 0 aliphatic heterocycles. The number of rotatable bonds is 4. The van der Waals surface area contributed by atoms with Gasteiger partial charge < -0.3 is 0 Å². The summed E-state index contributed by atoms with van der Waals surface area (Å²) >= 11 is 17.8. The van der Waals surface area contributed by atoms with Crippen molar-refractivity contribution in [1.82, 2.24) is 4.98 Å². The lowest BCUT2D eigenvalue weighted by atomic mass is 9.93. The van der Waals surface area contributed by atoms with Crippen LogP contribution in [-0.4, -0.2) is 25.4 Å². The monoisotopic (exact) mass is 391 g/mol. The molecule has 1 aromatic carbocycles. The highest BCUT2D eigenvalue weighted by Crippen LogP contribution is 2.30. The van der Waals surface area contributed by atoms with Gasteiger partial charge >= 0.3 is 0 Å². The summed E-state index contributed by atoms with van der Waals surface area (Å²) < 4.78 is 23.3. The minimum atomic E-state index is -3.45. The number of carbonyl (C=O) groups excluding carboxylic acids is 1. The van der Waals surface area contributed by atoms with Crippen LogP contribution in [0.4, 0.5) is 0 Å². The normalized spacial score (nSPS) is 12.9. The average molecular weight is 393 g/mol. The summed E-state index contributed by atoms with van der Waals surface area (Å²) in [5.41, 5.74) is 0.693. The maximum absolute atomic E-state index is 12.6. The Morgan fingerprint density at radius 1 is 1.13 bits per heavy atom. The van der Waals surface area contributed by atoms with E-state index in [9.17, 15) is 13.2 Å². The van der Waals surface area contributed by atoms with Crippen molar-refractivity contribution in [2.75, 3.05) is 6.26 Å². The Labute approximate surface area is 149 Å². The molecule has 8 heteroatoms. The first-order valence-electron chi connectivity index (χ1n) is 6.46. The molecule has 0 aliphatic rings. The van der Waals surface area contributed by atoms with Gasteiger partial charge in [0.05, 0.1) is 14.9 Å². The van der Waals surface area contributed by atoms with Crippen LogP contribution in [0.3, 0.4) is 0 Å². The fraction of sp³-hybridized carbons (Fsp3) is 0.200. The Kier molecular flexibility index (Phi) is 5.36. The summed E-state index contributed by atoms with van der Waals surface area (Å²) in [6, 6.07) is 5.90. The number of sulfone groups is 1. The number of aromatic nitrogens is 1. The molecule has 2 rings (SSSR count). The largest absolute Gasteiger partial charge is 0.294 e. The highest BCUT2D eigenvalue weighted by Gasteiger charge is 2.23. The number of carbonyl (C=O) groups is 1. The number of Topliss-reactive ketones (excluding diaryl/α,β-unsaturated/α-hetero) is 1. The summed E-state index contributed by atoms with van der Waals surface area (Å²) in [5.74, 6) is -0.952. The Bertz CT molecular complexity index is 882. The third-order valence-corrected chi connectivity index (χ3v) is 5.47. The number of pyridine rings is 1. The summed E-state index contributed by atoms with van der Waals surface area (Å²) in [4.78, 5) is 16.5. The van der Waals surface area contributed by atoms with E-state index in [-0.39, 0.29) is 20.9 Å². The van der Waals surface area contributed by atoms with Crippen LogP contribution in [0, 0.1) is 0 Å². The van der Waals surface area contributed by atoms with Crippen LogP contribution in [-0.2, 0) is 9.84 Å². The number of nitrogens with zero attached hydrogens (tertiary/aromatic N) is 1. The Hall–Kier alpha value is -1.14. The first-order chi connectivity index (χ1) is 10.6. The molecule has 23 heavy (non-hydrogen) atoms. The Balaban J connectivity index is 2.45. The third kappa shape index (κ3) is 4.04. The summed E-state index contributed by atoms with van der Waals surface area (Å²) in [6.07, 6.45) is 2.23. The van der Waals surface area contributed by atoms with E-state index in [1.807, 2.05) is 0 Å². The smallest absolute Gasteiger partial charge is 0.177 e. The van der Waals surface area contributed by atoms with E-state index in [2.05, 4.69) is 4.98 Å². The van der Waals surface area contributed by atoms with Gasteiger partial charge in [0.1, 0.15) is 5.15 Å². The van der Waals surface area contributed by atoms with E-state index in [0.717, 1.165) is 12.5 Å². The van der Waals surface area contributed by atoms with Crippen molar-refractivity contribution in [1.29, 1.82) is 0 Å². The molecule has 0 amide bonds. The molecule has 1 aromatic heterocycles. The number of ketones is 1. The van der Waals surface area contributed by atoms with E-state index < -0.39 is 15.8 Å². The van der Waals surface area contributed by atoms with Gasteiger partial charge in [-0.15, -0.1) is 0 Å². The summed E-state index contributed by atoms with van der Waals surface area (Å²) in [5, 5.41) is 0.687. The van der Waals surface area contributed by atoms with Crippen molar-refractivity contribution in [2.24, 2.45) is 0 Å². The van der Waals surface area contributed by atoms with E-state index in [1.54, 1.807) is 13.0 Å². The van der Waals surface area contributed by atoms with Crippen LogP contribution in [0.5, 0.6) is 0 Å².